The summed E-state index contributed by atoms with van der Waals surface area (Å²) in [5.74, 6) is 0.311. The van der Waals surface area contributed by atoms with Crippen molar-refractivity contribution in [2.45, 2.75) is 78.2 Å². The molecule has 19 heavy (non-hydrogen) atoms. The van der Waals surface area contributed by atoms with E-state index in [4.69, 9.17) is 0 Å². The predicted octanol–water partition coefficient (Wildman–Crippen LogP) is 3.24. The lowest BCUT2D eigenvalue weighted by Crippen LogP contribution is -2.50. The molecule has 1 unspecified atom stereocenters. The van der Waals surface area contributed by atoms with Crippen LogP contribution in [0.3, 0.4) is 0 Å². The van der Waals surface area contributed by atoms with Crippen LogP contribution in [0.4, 0.5) is 0 Å². The number of piperidine rings is 1. The summed E-state index contributed by atoms with van der Waals surface area (Å²) >= 11 is 0. The maximum Gasteiger partial charge on any atom is 0.226 e. The topological polar surface area (TPSA) is 41.1 Å². The minimum atomic E-state index is -0.108. The van der Waals surface area contributed by atoms with Gasteiger partial charge >= 0.3 is 0 Å². The molecule has 1 amide bonds. The van der Waals surface area contributed by atoms with Gasteiger partial charge in [0.2, 0.25) is 5.91 Å². The van der Waals surface area contributed by atoms with E-state index < -0.39 is 0 Å². The number of carbonyl (C=O) groups excluding carboxylic acids is 1. The van der Waals surface area contributed by atoms with Gasteiger partial charge in [0.1, 0.15) is 0 Å². The molecule has 1 fully saturated rings. The van der Waals surface area contributed by atoms with Crippen LogP contribution < -0.4 is 10.6 Å². The fourth-order valence-electron chi connectivity index (χ4n) is 3.07. The molecule has 0 aromatic heterocycles. The van der Waals surface area contributed by atoms with E-state index in [0.717, 1.165) is 51.6 Å². The van der Waals surface area contributed by atoms with Crippen LogP contribution in [0.1, 0.15) is 72.1 Å². The summed E-state index contributed by atoms with van der Waals surface area (Å²) in [6.07, 6.45) is 8.76. The minimum Gasteiger partial charge on any atom is -0.353 e. The monoisotopic (exact) mass is 268 g/mol. The number of rotatable bonds is 8. The molecule has 0 bridgehead atoms. The van der Waals surface area contributed by atoms with E-state index in [1.807, 2.05) is 0 Å². The fraction of sp³-hybridized carbons (Fsp3) is 0.938. The summed E-state index contributed by atoms with van der Waals surface area (Å²) < 4.78 is 0. The highest BCUT2D eigenvalue weighted by Gasteiger charge is 2.38. The highest BCUT2D eigenvalue weighted by atomic mass is 16.2. The Balaban J connectivity index is 2.57. The number of amides is 1. The van der Waals surface area contributed by atoms with E-state index in [2.05, 4.69) is 31.4 Å². The molecule has 2 N–H and O–H groups in total. The van der Waals surface area contributed by atoms with Crippen molar-refractivity contribution in [3.63, 3.8) is 0 Å². The molecule has 3 nitrogen and oxygen atoms in total. The van der Waals surface area contributed by atoms with E-state index in [9.17, 15) is 4.79 Å². The van der Waals surface area contributed by atoms with Crippen molar-refractivity contribution >= 4 is 5.91 Å². The van der Waals surface area contributed by atoms with E-state index in [-0.39, 0.29) is 5.41 Å². The second-order valence-electron chi connectivity index (χ2n) is 5.99. The van der Waals surface area contributed by atoms with Gasteiger partial charge in [-0.05, 0) is 45.2 Å². The molecule has 1 rings (SSSR count). The van der Waals surface area contributed by atoms with Crippen LogP contribution in [0.2, 0.25) is 0 Å². The average Bonchev–Trinajstić information content (AvgIpc) is 2.45. The Morgan fingerprint density at radius 3 is 2.37 bits per heavy atom. The highest BCUT2D eigenvalue weighted by molar-refractivity contribution is 5.83. The largest absolute Gasteiger partial charge is 0.353 e. The molecule has 112 valence electrons. The van der Waals surface area contributed by atoms with E-state index in [0.29, 0.717) is 11.9 Å². The van der Waals surface area contributed by atoms with Gasteiger partial charge in [0.15, 0.2) is 0 Å². The first-order chi connectivity index (χ1) is 9.18. The Bertz CT molecular complexity index is 259. The Labute approximate surface area is 118 Å². The van der Waals surface area contributed by atoms with Gasteiger partial charge in [-0.15, -0.1) is 0 Å². The van der Waals surface area contributed by atoms with Gasteiger partial charge in [0.05, 0.1) is 5.41 Å². The van der Waals surface area contributed by atoms with Crippen LogP contribution in [0.5, 0.6) is 0 Å². The molecule has 1 atom stereocenters. The lowest BCUT2D eigenvalue weighted by molar-refractivity contribution is -0.133. The van der Waals surface area contributed by atoms with Crippen LogP contribution in [0.15, 0.2) is 0 Å². The minimum absolute atomic E-state index is 0.108. The molecule has 0 aromatic carbocycles. The van der Waals surface area contributed by atoms with E-state index in [1.165, 1.54) is 12.8 Å². The van der Waals surface area contributed by atoms with Crippen molar-refractivity contribution in [3.8, 4) is 0 Å². The zero-order chi connectivity index (χ0) is 14.1. The lowest BCUT2D eigenvalue weighted by Gasteiger charge is -2.36. The van der Waals surface area contributed by atoms with Crippen LogP contribution in [-0.2, 0) is 4.79 Å². The average molecular weight is 268 g/mol. The summed E-state index contributed by atoms with van der Waals surface area (Å²) in [4.78, 5) is 12.7. The van der Waals surface area contributed by atoms with Gasteiger partial charge in [-0.1, -0.05) is 40.0 Å². The van der Waals surface area contributed by atoms with Crippen molar-refractivity contribution in [1.29, 1.82) is 0 Å². The molecule has 0 spiro atoms. The van der Waals surface area contributed by atoms with Gasteiger partial charge in [0.25, 0.3) is 0 Å². The Hall–Kier alpha value is -0.570. The second-order valence-corrected chi connectivity index (χ2v) is 5.99. The third kappa shape index (κ3) is 4.79. The Morgan fingerprint density at radius 2 is 1.84 bits per heavy atom. The first kappa shape index (κ1) is 16.5. The van der Waals surface area contributed by atoms with Crippen LogP contribution in [-0.4, -0.2) is 25.0 Å². The molecule has 1 aliphatic rings. The second kappa shape index (κ2) is 8.57. The SMILES string of the molecule is CCCCC(CCC)NC(=O)C1(CC)CCNCC1. The first-order valence-electron chi connectivity index (χ1n) is 8.20. The summed E-state index contributed by atoms with van der Waals surface area (Å²) in [6.45, 7) is 8.53. The normalized spacial score (nSPS) is 19.9. The van der Waals surface area contributed by atoms with Crippen LogP contribution in [0, 0.1) is 5.41 Å². The molecular formula is C16H32N2O. The van der Waals surface area contributed by atoms with Crippen molar-refractivity contribution in [2.75, 3.05) is 13.1 Å². The summed E-state index contributed by atoms with van der Waals surface area (Å²) in [5, 5.41) is 6.71. The van der Waals surface area contributed by atoms with Gasteiger partial charge in [-0.3, -0.25) is 4.79 Å². The van der Waals surface area contributed by atoms with Crippen molar-refractivity contribution in [1.82, 2.24) is 10.6 Å². The molecule has 1 saturated heterocycles. The van der Waals surface area contributed by atoms with E-state index >= 15 is 0 Å². The molecule has 1 heterocycles. The molecule has 0 aliphatic carbocycles. The van der Waals surface area contributed by atoms with Gasteiger partial charge in [-0.2, -0.15) is 0 Å². The molecule has 0 radical (unpaired) electrons. The third-order valence-corrected chi connectivity index (χ3v) is 4.60. The number of nitrogens with one attached hydrogen (secondary N) is 2. The fourth-order valence-corrected chi connectivity index (χ4v) is 3.07. The van der Waals surface area contributed by atoms with Crippen LogP contribution in [0.25, 0.3) is 0 Å². The smallest absolute Gasteiger partial charge is 0.226 e. The predicted molar refractivity (Wildman–Crippen MR) is 81.2 cm³/mol. The van der Waals surface area contributed by atoms with E-state index in [1.54, 1.807) is 0 Å². The standard InChI is InChI=1S/C16H32N2O/c1-4-7-9-14(8-5-2)18-15(19)16(6-3)10-12-17-13-11-16/h14,17H,4-13H2,1-3H3,(H,18,19). The quantitative estimate of drug-likeness (QED) is 0.709. The van der Waals surface area contributed by atoms with Gasteiger partial charge < -0.3 is 10.6 Å². The van der Waals surface area contributed by atoms with Gasteiger partial charge in [-0.25, -0.2) is 0 Å². The number of hydrogen-bond donors (Lipinski definition) is 2. The number of hydrogen-bond acceptors (Lipinski definition) is 2. The summed E-state index contributed by atoms with van der Waals surface area (Å²) in [5.41, 5.74) is -0.108. The zero-order valence-corrected chi connectivity index (χ0v) is 13.1. The van der Waals surface area contributed by atoms with Gasteiger partial charge in [0, 0.05) is 6.04 Å². The molecular weight excluding hydrogens is 236 g/mol. The van der Waals surface area contributed by atoms with Crippen molar-refractivity contribution in [2.24, 2.45) is 5.41 Å². The molecule has 3 heteroatoms. The Kier molecular flexibility index (Phi) is 7.44. The molecule has 0 aromatic rings. The first-order valence-corrected chi connectivity index (χ1v) is 8.20. The maximum atomic E-state index is 12.7. The molecule has 0 saturated carbocycles. The highest BCUT2D eigenvalue weighted by Crippen LogP contribution is 2.33. The summed E-state index contributed by atoms with van der Waals surface area (Å²) in [6, 6.07) is 0.385. The zero-order valence-electron chi connectivity index (χ0n) is 13.1. The van der Waals surface area contributed by atoms with Crippen molar-refractivity contribution < 1.29 is 4.79 Å². The number of carbonyl (C=O) groups is 1. The Morgan fingerprint density at radius 1 is 1.16 bits per heavy atom. The lowest BCUT2D eigenvalue weighted by atomic mass is 9.75. The van der Waals surface area contributed by atoms with Crippen LogP contribution >= 0.6 is 0 Å². The maximum absolute atomic E-state index is 12.7. The number of unbranched alkanes of at least 4 members (excludes halogenated alkanes) is 1. The third-order valence-electron chi connectivity index (χ3n) is 4.60. The van der Waals surface area contributed by atoms with Crippen molar-refractivity contribution in [3.05, 3.63) is 0 Å². The molecule has 1 aliphatic heterocycles. The summed E-state index contributed by atoms with van der Waals surface area (Å²) in [7, 11) is 0.